The fourth-order valence-electron chi connectivity index (χ4n) is 1.56. The van der Waals surface area contributed by atoms with Crippen LogP contribution in [-0.4, -0.2) is 15.1 Å². The van der Waals surface area contributed by atoms with Crippen LogP contribution in [0.15, 0.2) is 41.2 Å². The van der Waals surface area contributed by atoms with Crippen LogP contribution in [0.4, 0.5) is 13.2 Å². The van der Waals surface area contributed by atoms with E-state index >= 15 is 0 Å². The first-order valence-electron chi connectivity index (χ1n) is 5.45. The van der Waals surface area contributed by atoms with E-state index in [0.29, 0.717) is 4.88 Å². The zero-order valence-electron chi connectivity index (χ0n) is 9.76. The average Bonchev–Trinajstić information content (AvgIpc) is 3.08. The van der Waals surface area contributed by atoms with E-state index in [1.165, 1.54) is 11.3 Å². The maximum absolute atomic E-state index is 12.4. The Labute approximate surface area is 114 Å². The fraction of sp³-hybridized carbons (Fsp3) is 0.0833. The molecular weight excluding hydrogens is 291 g/mol. The third-order valence-electron chi connectivity index (χ3n) is 2.44. The second kappa shape index (κ2) is 4.71. The summed E-state index contributed by atoms with van der Waals surface area (Å²) >= 11 is 1.27. The molecule has 0 aromatic carbocycles. The van der Waals surface area contributed by atoms with Crippen molar-refractivity contribution in [2.75, 3.05) is 0 Å². The number of hydrogen-bond donors (Lipinski definition) is 0. The second-order valence-electron chi connectivity index (χ2n) is 3.83. The molecule has 0 aliphatic heterocycles. The highest BCUT2D eigenvalue weighted by molar-refractivity contribution is 7.18. The molecular formula is C12H6F3N3OS. The van der Waals surface area contributed by atoms with Crippen LogP contribution < -0.4 is 0 Å². The maximum atomic E-state index is 12.4. The van der Waals surface area contributed by atoms with Crippen LogP contribution >= 0.6 is 11.3 Å². The molecule has 20 heavy (non-hydrogen) atoms. The van der Waals surface area contributed by atoms with Gasteiger partial charge < -0.3 is 4.52 Å². The van der Waals surface area contributed by atoms with Gasteiger partial charge >= 0.3 is 12.1 Å². The largest absolute Gasteiger partial charge is 0.471 e. The first-order chi connectivity index (χ1) is 9.54. The molecule has 3 heterocycles. The van der Waals surface area contributed by atoms with Gasteiger partial charge in [0.1, 0.15) is 0 Å². The Balaban J connectivity index is 1.93. The van der Waals surface area contributed by atoms with Gasteiger partial charge in [0.25, 0.3) is 0 Å². The van der Waals surface area contributed by atoms with Crippen LogP contribution in [0.1, 0.15) is 5.89 Å². The lowest BCUT2D eigenvalue weighted by molar-refractivity contribution is -0.159. The minimum absolute atomic E-state index is 0.0718. The van der Waals surface area contributed by atoms with Crippen molar-refractivity contribution in [2.45, 2.75) is 6.18 Å². The van der Waals surface area contributed by atoms with E-state index in [9.17, 15) is 13.2 Å². The SMILES string of the molecule is FC(F)(F)c1nc(-c2ccc(-c3cccnc3)s2)no1. The van der Waals surface area contributed by atoms with Crippen LogP contribution in [0.25, 0.3) is 21.1 Å². The average molecular weight is 297 g/mol. The van der Waals surface area contributed by atoms with Crippen LogP contribution in [0.3, 0.4) is 0 Å². The van der Waals surface area contributed by atoms with Crippen LogP contribution in [0.5, 0.6) is 0 Å². The van der Waals surface area contributed by atoms with Crippen molar-refractivity contribution in [3.05, 3.63) is 42.5 Å². The highest BCUT2D eigenvalue weighted by Crippen LogP contribution is 2.34. The Morgan fingerprint density at radius 3 is 2.55 bits per heavy atom. The van der Waals surface area contributed by atoms with Gasteiger partial charge in [-0.2, -0.15) is 18.2 Å². The van der Waals surface area contributed by atoms with Crippen molar-refractivity contribution in [2.24, 2.45) is 0 Å². The number of hydrogen-bond acceptors (Lipinski definition) is 5. The Hall–Kier alpha value is -2.22. The van der Waals surface area contributed by atoms with Gasteiger partial charge in [0.2, 0.25) is 5.82 Å². The van der Waals surface area contributed by atoms with Crippen molar-refractivity contribution in [3.63, 3.8) is 0 Å². The Morgan fingerprint density at radius 1 is 1.10 bits per heavy atom. The molecule has 0 amide bonds. The molecule has 0 aliphatic rings. The summed E-state index contributed by atoms with van der Waals surface area (Å²) in [6.45, 7) is 0. The molecule has 0 bridgehead atoms. The van der Waals surface area contributed by atoms with Gasteiger partial charge in [-0.15, -0.1) is 11.3 Å². The monoisotopic (exact) mass is 297 g/mol. The molecule has 0 spiro atoms. The Kier molecular flexibility index (Phi) is 3.01. The summed E-state index contributed by atoms with van der Waals surface area (Å²) in [6, 6.07) is 7.07. The molecule has 0 fully saturated rings. The summed E-state index contributed by atoms with van der Waals surface area (Å²) in [6.07, 6.45) is -1.31. The number of alkyl halides is 3. The van der Waals surface area contributed by atoms with E-state index in [-0.39, 0.29) is 5.82 Å². The van der Waals surface area contributed by atoms with Gasteiger partial charge in [-0.05, 0) is 18.2 Å². The molecule has 0 saturated carbocycles. The zero-order chi connectivity index (χ0) is 14.2. The zero-order valence-corrected chi connectivity index (χ0v) is 10.6. The molecule has 8 heteroatoms. The maximum Gasteiger partial charge on any atom is 0.471 e. The van der Waals surface area contributed by atoms with Crippen molar-refractivity contribution >= 4 is 11.3 Å². The highest BCUT2D eigenvalue weighted by Gasteiger charge is 2.38. The summed E-state index contributed by atoms with van der Waals surface area (Å²) < 4.78 is 41.4. The summed E-state index contributed by atoms with van der Waals surface area (Å²) in [7, 11) is 0. The smallest absolute Gasteiger partial charge is 0.329 e. The van der Waals surface area contributed by atoms with Crippen LogP contribution in [0.2, 0.25) is 0 Å². The van der Waals surface area contributed by atoms with Gasteiger partial charge in [-0.1, -0.05) is 11.2 Å². The minimum Gasteiger partial charge on any atom is -0.329 e. The quantitative estimate of drug-likeness (QED) is 0.720. The number of aromatic nitrogens is 3. The molecule has 0 atom stereocenters. The standard InChI is InChI=1S/C12H6F3N3OS/c13-12(14,15)11-17-10(18-19-11)9-4-3-8(20-9)7-2-1-5-16-6-7/h1-6H. The Morgan fingerprint density at radius 2 is 1.90 bits per heavy atom. The predicted molar refractivity (Wildman–Crippen MR) is 65.8 cm³/mol. The van der Waals surface area contributed by atoms with E-state index < -0.39 is 12.1 Å². The molecule has 4 nitrogen and oxygen atoms in total. The summed E-state index contributed by atoms with van der Waals surface area (Å²) in [4.78, 5) is 8.71. The number of halogens is 3. The number of thiophene rings is 1. The molecule has 0 N–H and O–H groups in total. The molecule has 3 rings (SSSR count). The first kappa shape index (κ1) is 12.8. The number of pyridine rings is 1. The lowest BCUT2D eigenvalue weighted by atomic mass is 10.2. The van der Waals surface area contributed by atoms with E-state index in [0.717, 1.165) is 10.4 Å². The number of nitrogens with zero attached hydrogens (tertiary/aromatic N) is 3. The summed E-state index contributed by atoms with van der Waals surface area (Å²) in [5.41, 5.74) is 0.878. The van der Waals surface area contributed by atoms with Gasteiger partial charge in [-0.3, -0.25) is 4.98 Å². The first-order valence-corrected chi connectivity index (χ1v) is 6.27. The molecule has 102 valence electrons. The predicted octanol–water partition coefficient (Wildman–Crippen LogP) is 3.88. The minimum atomic E-state index is -4.63. The lowest BCUT2D eigenvalue weighted by Crippen LogP contribution is -2.04. The van der Waals surface area contributed by atoms with Crippen molar-refractivity contribution in [1.82, 2.24) is 15.1 Å². The normalized spacial score (nSPS) is 11.8. The second-order valence-corrected chi connectivity index (χ2v) is 4.91. The van der Waals surface area contributed by atoms with E-state index in [1.807, 2.05) is 6.07 Å². The van der Waals surface area contributed by atoms with Crippen molar-refractivity contribution < 1.29 is 17.7 Å². The summed E-state index contributed by atoms with van der Waals surface area (Å²) in [5, 5.41) is 3.35. The summed E-state index contributed by atoms with van der Waals surface area (Å²) in [5.74, 6) is -1.42. The third kappa shape index (κ3) is 2.42. The van der Waals surface area contributed by atoms with Crippen LogP contribution in [-0.2, 0) is 6.18 Å². The number of rotatable bonds is 2. The molecule has 0 aliphatic carbocycles. The van der Waals surface area contributed by atoms with E-state index in [2.05, 4.69) is 19.6 Å². The Bertz CT molecular complexity index is 721. The topological polar surface area (TPSA) is 51.8 Å². The molecule has 0 unspecified atom stereocenters. The molecule has 3 aromatic rings. The van der Waals surface area contributed by atoms with Crippen molar-refractivity contribution in [3.8, 4) is 21.1 Å². The third-order valence-corrected chi connectivity index (χ3v) is 3.57. The van der Waals surface area contributed by atoms with Gasteiger partial charge in [-0.25, -0.2) is 0 Å². The highest BCUT2D eigenvalue weighted by atomic mass is 32.1. The van der Waals surface area contributed by atoms with Crippen LogP contribution in [0, 0.1) is 0 Å². The van der Waals surface area contributed by atoms with E-state index in [4.69, 9.17) is 0 Å². The van der Waals surface area contributed by atoms with Gasteiger partial charge in [0.15, 0.2) is 0 Å². The van der Waals surface area contributed by atoms with Crippen molar-refractivity contribution in [1.29, 1.82) is 0 Å². The molecule has 0 radical (unpaired) electrons. The lowest BCUT2D eigenvalue weighted by Gasteiger charge is -1.95. The molecule has 3 aromatic heterocycles. The van der Waals surface area contributed by atoms with E-state index in [1.54, 1.807) is 30.6 Å². The fourth-order valence-corrected chi connectivity index (χ4v) is 2.48. The molecule has 0 saturated heterocycles. The van der Waals surface area contributed by atoms with Gasteiger partial charge in [0, 0.05) is 22.8 Å². The van der Waals surface area contributed by atoms with Gasteiger partial charge in [0.05, 0.1) is 4.88 Å².